The maximum Gasteiger partial charge on any atom is 0.141 e. The van der Waals surface area contributed by atoms with Crippen LogP contribution in [0.3, 0.4) is 0 Å². The molecule has 1 heterocycles. The fraction of sp³-hybridized carbons (Fsp3) is 0.258. The van der Waals surface area contributed by atoms with Crippen LogP contribution >= 0.6 is 24.0 Å². The summed E-state index contributed by atoms with van der Waals surface area (Å²) in [4.78, 5) is 2.10. The van der Waals surface area contributed by atoms with E-state index in [1.54, 1.807) is 36.0 Å². The molecule has 7 heteroatoms. The van der Waals surface area contributed by atoms with Gasteiger partial charge in [0, 0.05) is 22.4 Å². The highest BCUT2D eigenvalue weighted by Gasteiger charge is 2.43. The van der Waals surface area contributed by atoms with Crippen molar-refractivity contribution in [2.75, 3.05) is 4.90 Å². The van der Waals surface area contributed by atoms with Gasteiger partial charge in [-0.15, -0.1) is 0 Å². The fourth-order valence-corrected chi connectivity index (χ4v) is 7.22. The molecule has 3 aromatic carbocycles. The molecule has 4 nitrogen and oxygen atoms in total. The maximum absolute atomic E-state index is 13.4. The first-order chi connectivity index (χ1) is 18.3. The first-order valence-corrected chi connectivity index (χ1v) is 14.0. The minimum absolute atomic E-state index is 0.0101. The Morgan fingerprint density at radius 2 is 1.71 bits per heavy atom. The number of aliphatic hydroxyl groups is 2. The number of anilines is 1. The first kappa shape index (κ1) is 26.5. The monoisotopic (exact) mass is 547 g/mol. The van der Waals surface area contributed by atoms with Gasteiger partial charge in [-0.3, -0.25) is 0 Å². The van der Waals surface area contributed by atoms with Gasteiger partial charge in [-0.1, -0.05) is 79.4 Å². The molecule has 0 aromatic heterocycles. The van der Waals surface area contributed by atoms with Crippen LogP contribution in [0, 0.1) is 11.7 Å². The lowest BCUT2D eigenvalue weighted by Gasteiger charge is -2.34. The van der Waals surface area contributed by atoms with E-state index in [4.69, 9.17) is 12.2 Å². The SMILES string of the molecule is CC1C=C([C@@H]2[C@H](CCC(O)c3ccc(F)cc3)SC(=S)N2c2ccccc2)C(O)=CC1c1cccc(O)c1. The number of phenols is 1. The molecule has 3 unspecified atom stereocenters. The van der Waals surface area contributed by atoms with Gasteiger partial charge >= 0.3 is 0 Å². The second kappa shape index (κ2) is 11.3. The third-order valence-electron chi connectivity index (χ3n) is 7.31. The highest BCUT2D eigenvalue weighted by molar-refractivity contribution is 8.24. The Morgan fingerprint density at radius 3 is 2.42 bits per heavy atom. The molecule has 1 aliphatic heterocycles. The van der Waals surface area contributed by atoms with Crippen molar-refractivity contribution >= 4 is 34.0 Å². The van der Waals surface area contributed by atoms with E-state index >= 15 is 0 Å². The quantitative estimate of drug-likeness (QED) is 0.268. The molecule has 5 atom stereocenters. The Hall–Kier alpha value is -3.13. The van der Waals surface area contributed by atoms with Crippen LogP contribution < -0.4 is 4.90 Å². The molecule has 3 N–H and O–H groups in total. The van der Waals surface area contributed by atoms with Gasteiger partial charge in [0.05, 0.1) is 12.1 Å². The van der Waals surface area contributed by atoms with Gasteiger partial charge in [-0.05, 0) is 72.4 Å². The van der Waals surface area contributed by atoms with Crippen molar-refractivity contribution in [2.45, 2.75) is 43.1 Å². The molecule has 1 aliphatic carbocycles. The number of hydrogen-bond acceptors (Lipinski definition) is 5. The summed E-state index contributed by atoms with van der Waals surface area (Å²) in [7, 11) is 0. The van der Waals surface area contributed by atoms with Crippen LogP contribution in [0.25, 0.3) is 0 Å². The third kappa shape index (κ3) is 5.51. The van der Waals surface area contributed by atoms with Gasteiger partial charge < -0.3 is 20.2 Å². The van der Waals surface area contributed by atoms with Crippen molar-refractivity contribution in [1.82, 2.24) is 0 Å². The number of phenolic OH excluding ortho intramolecular Hbond substituents is 1. The molecule has 1 fully saturated rings. The van der Waals surface area contributed by atoms with Crippen LogP contribution in [0.1, 0.15) is 42.9 Å². The normalized spacial score (nSPS) is 24.2. The van der Waals surface area contributed by atoms with Crippen LogP contribution in [0.4, 0.5) is 10.1 Å². The molecule has 3 aromatic rings. The average Bonchev–Trinajstić information content (AvgIpc) is 3.24. The molecular formula is C31H30FNO3S2. The largest absolute Gasteiger partial charge is 0.508 e. The van der Waals surface area contributed by atoms with Crippen molar-refractivity contribution in [1.29, 1.82) is 0 Å². The summed E-state index contributed by atoms with van der Waals surface area (Å²) < 4.78 is 14.1. The van der Waals surface area contributed by atoms with Crippen LogP contribution in [-0.2, 0) is 0 Å². The minimum Gasteiger partial charge on any atom is -0.508 e. The lowest BCUT2D eigenvalue weighted by Crippen LogP contribution is -2.40. The molecule has 0 bridgehead atoms. The van der Waals surface area contributed by atoms with Crippen LogP contribution in [-0.4, -0.2) is 30.9 Å². The van der Waals surface area contributed by atoms with Crippen molar-refractivity contribution in [3.05, 3.63) is 119 Å². The number of allylic oxidation sites excluding steroid dienone is 2. The number of thiocarbonyl (C=S) groups is 1. The van der Waals surface area contributed by atoms with Gasteiger partial charge in [0.1, 0.15) is 21.6 Å². The van der Waals surface area contributed by atoms with E-state index in [2.05, 4.69) is 17.9 Å². The predicted octanol–water partition coefficient (Wildman–Crippen LogP) is 7.42. The van der Waals surface area contributed by atoms with Gasteiger partial charge in [-0.25, -0.2) is 4.39 Å². The standard InChI is InChI=1S/C31H30FNO3S2/c1-19-16-26(28(36)18-25(19)21-6-5-9-24(34)17-21)30-29(15-14-27(35)20-10-12-22(32)13-11-20)38-31(37)33(30)23-7-3-2-4-8-23/h2-13,16-19,25,27,29-30,34-36H,14-15H2,1H3/t19?,25?,27?,29-,30+/m0/s1. The van der Waals surface area contributed by atoms with Crippen LogP contribution in [0.15, 0.2) is 102 Å². The van der Waals surface area contributed by atoms with E-state index in [9.17, 15) is 19.7 Å². The summed E-state index contributed by atoms with van der Waals surface area (Å²) >= 11 is 7.43. The van der Waals surface area contributed by atoms with E-state index in [0.717, 1.165) is 21.1 Å². The number of thioether (sulfide) groups is 1. The molecule has 1 saturated heterocycles. The summed E-state index contributed by atoms with van der Waals surface area (Å²) in [5, 5.41) is 32.2. The number of nitrogens with zero attached hydrogens (tertiary/aromatic N) is 1. The predicted molar refractivity (Wildman–Crippen MR) is 156 cm³/mol. The first-order valence-electron chi connectivity index (χ1n) is 12.7. The summed E-state index contributed by atoms with van der Waals surface area (Å²) in [6.07, 6.45) is 4.38. The summed E-state index contributed by atoms with van der Waals surface area (Å²) in [5.41, 5.74) is 3.38. The van der Waals surface area contributed by atoms with Crippen molar-refractivity contribution in [3.8, 4) is 5.75 Å². The topological polar surface area (TPSA) is 63.9 Å². The second-order valence-electron chi connectivity index (χ2n) is 9.87. The Bertz CT molecular complexity index is 1360. The van der Waals surface area contributed by atoms with Crippen LogP contribution in [0.5, 0.6) is 5.75 Å². The third-order valence-corrected chi connectivity index (χ3v) is 8.99. The lowest BCUT2D eigenvalue weighted by atomic mass is 9.79. The molecule has 0 spiro atoms. The lowest BCUT2D eigenvalue weighted by molar-refractivity contribution is 0.164. The molecule has 2 aliphatic rings. The molecular weight excluding hydrogens is 517 g/mol. The molecule has 0 saturated carbocycles. The van der Waals surface area contributed by atoms with Crippen LogP contribution in [0.2, 0.25) is 0 Å². The Labute approximate surface area is 232 Å². The van der Waals surface area contributed by atoms with E-state index < -0.39 is 6.10 Å². The Kier molecular flexibility index (Phi) is 7.88. The van der Waals surface area contributed by atoms with Crippen molar-refractivity contribution in [3.63, 3.8) is 0 Å². The highest BCUT2D eigenvalue weighted by Crippen LogP contribution is 2.46. The molecule has 0 radical (unpaired) electrons. The average molecular weight is 548 g/mol. The van der Waals surface area contributed by atoms with E-state index in [1.807, 2.05) is 48.5 Å². The number of benzene rings is 3. The zero-order valence-electron chi connectivity index (χ0n) is 20.9. The molecule has 0 amide bonds. The number of rotatable bonds is 7. The van der Waals surface area contributed by atoms with Gasteiger partial charge in [0.25, 0.3) is 0 Å². The second-order valence-corrected chi connectivity index (χ2v) is 11.7. The Balaban J connectivity index is 1.45. The van der Waals surface area contributed by atoms with Crippen molar-refractivity contribution in [2.24, 2.45) is 5.92 Å². The highest BCUT2D eigenvalue weighted by atomic mass is 32.2. The number of aliphatic hydroxyl groups excluding tert-OH is 2. The van der Waals surface area contributed by atoms with Gasteiger partial charge in [-0.2, -0.15) is 0 Å². The van der Waals surface area contributed by atoms with E-state index in [-0.39, 0.29) is 40.5 Å². The Morgan fingerprint density at radius 1 is 0.974 bits per heavy atom. The smallest absolute Gasteiger partial charge is 0.141 e. The zero-order chi connectivity index (χ0) is 26.8. The summed E-state index contributed by atoms with van der Waals surface area (Å²) in [6.45, 7) is 2.11. The van der Waals surface area contributed by atoms with Crippen molar-refractivity contribution < 1.29 is 19.7 Å². The van der Waals surface area contributed by atoms with E-state index in [0.29, 0.717) is 18.4 Å². The van der Waals surface area contributed by atoms with Gasteiger partial charge in [0.2, 0.25) is 0 Å². The maximum atomic E-state index is 13.4. The summed E-state index contributed by atoms with van der Waals surface area (Å²) in [5.74, 6) is 0.0725. The number of halogens is 1. The summed E-state index contributed by atoms with van der Waals surface area (Å²) in [6, 6.07) is 22.8. The zero-order valence-corrected chi connectivity index (χ0v) is 22.6. The molecule has 5 rings (SSSR count). The molecule has 38 heavy (non-hydrogen) atoms. The minimum atomic E-state index is -0.727. The van der Waals surface area contributed by atoms with E-state index in [1.165, 1.54) is 12.1 Å². The number of aromatic hydroxyl groups is 1. The fourth-order valence-electron chi connectivity index (χ4n) is 5.39. The van der Waals surface area contributed by atoms with Gasteiger partial charge in [0.15, 0.2) is 0 Å². The number of para-hydroxylation sites is 1. The molecule has 196 valence electrons. The number of hydrogen-bond donors (Lipinski definition) is 3.